The van der Waals surface area contributed by atoms with Crippen LogP contribution in [-0.2, 0) is 0 Å². The molecule has 0 radical (unpaired) electrons. The maximum absolute atomic E-state index is 3.59. The van der Waals surface area contributed by atoms with Crippen molar-refractivity contribution in [2.24, 2.45) is 5.41 Å². The molecule has 1 heterocycles. The molecule has 2 fully saturated rings. The largest absolute Gasteiger partial charge is 0.309 e. The quantitative estimate of drug-likeness (QED) is 0.741. The summed E-state index contributed by atoms with van der Waals surface area (Å²) in [5.41, 5.74) is 2.11. The predicted molar refractivity (Wildman–Crippen MR) is 80.8 cm³/mol. The van der Waals surface area contributed by atoms with E-state index in [1.165, 1.54) is 37.8 Å². The highest BCUT2D eigenvalue weighted by atomic mass is 15.0. The van der Waals surface area contributed by atoms with Crippen LogP contribution in [0.4, 0.5) is 0 Å². The molecule has 1 spiro atoms. The van der Waals surface area contributed by atoms with E-state index in [9.17, 15) is 0 Å². The van der Waals surface area contributed by atoms with Gasteiger partial charge >= 0.3 is 0 Å². The van der Waals surface area contributed by atoms with Crippen molar-refractivity contribution in [2.75, 3.05) is 6.54 Å². The minimum absolute atomic E-state index is 0.626. The molecule has 1 saturated heterocycles. The zero-order valence-corrected chi connectivity index (χ0v) is 12.5. The summed E-state index contributed by atoms with van der Waals surface area (Å²) in [6.45, 7) is 9.24. The zero-order valence-electron chi connectivity index (χ0n) is 12.5. The van der Waals surface area contributed by atoms with Gasteiger partial charge < -0.3 is 5.32 Å². The van der Waals surface area contributed by atoms with Crippen molar-refractivity contribution in [3.05, 3.63) is 35.9 Å². The highest BCUT2D eigenvalue weighted by molar-refractivity contribution is 5.25. The van der Waals surface area contributed by atoms with Crippen molar-refractivity contribution in [1.29, 1.82) is 0 Å². The summed E-state index contributed by atoms with van der Waals surface area (Å²) in [5, 5.41) is 3.59. The minimum atomic E-state index is 0.626. The van der Waals surface area contributed by atoms with Gasteiger partial charge in [0.2, 0.25) is 0 Å². The molecule has 0 aromatic heterocycles. The van der Waals surface area contributed by atoms with Crippen LogP contribution < -0.4 is 5.32 Å². The molecule has 18 heavy (non-hydrogen) atoms. The van der Waals surface area contributed by atoms with Crippen LogP contribution >= 0.6 is 0 Å². The molecule has 0 amide bonds. The standard InChI is InChI=1S/C13H17N.2C2H6/c1-2-6-11(7-3-1)12-13(10-14-12)8-4-5-9-13;2*1-2/h1-3,6-7,12,14H,4-5,8-10H2;2*1-2H3/t12-;;/m1../s1. The van der Waals surface area contributed by atoms with Crippen molar-refractivity contribution in [1.82, 2.24) is 5.32 Å². The molecule has 0 bridgehead atoms. The molecular weight excluding hydrogens is 218 g/mol. The second-order valence-electron chi connectivity index (χ2n) is 4.79. The smallest absolute Gasteiger partial charge is 0.0389 e. The monoisotopic (exact) mass is 247 g/mol. The second-order valence-corrected chi connectivity index (χ2v) is 4.79. The first kappa shape index (κ1) is 15.2. The molecule has 102 valence electrons. The van der Waals surface area contributed by atoms with E-state index in [-0.39, 0.29) is 0 Å². The topological polar surface area (TPSA) is 12.0 Å². The molecule has 1 atom stereocenters. The fourth-order valence-corrected chi connectivity index (χ4v) is 3.15. The summed E-state index contributed by atoms with van der Waals surface area (Å²) in [5.74, 6) is 0. The molecule has 1 saturated carbocycles. The molecule has 1 aromatic rings. The SMILES string of the molecule is CC.CC.c1ccc([C@H]2NCC23CCCC3)cc1. The van der Waals surface area contributed by atoms with Gasteiger partial charge in [0.25, 0.3) is 0 Å². The van der Waals surface area contributed by atoms with Crippen LogP contribution in [0.15, 0.2) is 30.3 Å². The summed E-state index contributed by atoms with van der Waals surface area (Å²) >= 11 is 0. The predicted octanol–water partition coefficient (Wildman–Crippen LogP) is 4.94. The molecule has 1 N–H and O–H groups in total. The first-order valence-electron chi connectivity index (χ1n) is 7.69. The van der Waals surface area contributed by atoms with E-state index >= 15 is 0 Å². The Morgan fingerprint density at radius 3 is 1.94 bits per heavy atom. The van der Waals surface area contributed by atoms with Crippen molar-refractivity contribution in [3.63, 3.8) is 0 Å². The normalized spacial score (nSPS) is 23.2. The molecule has 1 nitrogen and oxygen atoms in total. The van der Waals surface area contributed by atoms with Crippen LogP contribution in [0, 0.1) is 5.41 Å². The Morgan fingerprint density at radius 1 is 0.944 bits per heavy atom. The van der Waals surface area contributed by atoms with Crippen LogP contribution in [-0.4, -0.2) is 6.54 Å². The Labute approximate surface area is 113 Å². The van der Waals surface area contributed by atoms with Gasteiger partial charge in [-0.25, -0.2) is 0 Å². The van der Waals surface area contributed by atoms with Crippen LogP contribution in [0.5, 0.6) is 0 Å². The molecule has 0 unspecified atom stereocenters. The average molecular weight is 247 g/mol. The van der Waals surface area contributed by atoms with Gasteiger partial charge in [0.15, 0.2) is 0 Å². The summed E-state index contributed by atoms with van der Waals surface area (Å²) < 4.78 is 0. The molecule has 1 aliphatic carbocycles. The Balaban J connectivity index is 0.000000371. The van der Waals surface area contributed by atoms with Crippen molar-refractivity contribution >= 4 is 0 Å². The van der Waals surface area contributed by atoms with Crippen LogP contribution in [0.2, 0.25) is 0 Å². The van der Waals surface area contributed by atoms with Gasteiger partial charge in [0.1, 0.15) is 0 Å². The Bertz CT molecular complexity index is 312. The van der Waals surface area contributed by atoms with Crippen LogP contribution in [0.3, 0.4) is 0 Å². The van der Waals surface area contributed by atoms with Crippen LogP contribution in [0.25, 0.3) is 0 Å². The van der Waals surface area contributed by atoms with Gasteiger partial charge in [-0.1, -0.05) is 70.9 Å². The molecule has 1 aromatic carbocycles. The van der Waals surface area contributed by atoms with E-state index in [4.69, 9.17) is 0 Å². The maximum Gasteiger partial charge on any atom is 0.0389 e. The van der Waals surface area contributed by atoms with Gasteiger partial charge in [0, 0.05) is 18.0 Å². The third-order valence-electron chi connectivity index (χ3n) is 4.00. The molecule has 1 heteroatoms. The van der Waals surface area contributed by atoms with Crippen LogP contribution in [0.1, 0.15) is 65.0 Å². The lowest BCUT2D eigenvalue weighted by molar-refractivity contribution is 0.0894. The highest BCUT2D eigenvalue weighted by Crippen LogP contribution is 2.52. The maximum atomic E-state index is 3.59. The molecular formula is C17H29N. The van der Waals surface area contributed by atoms with Crippen molar-refractivity contribution < 1.29 is 0 Å². The summed E-state index contributed by atoms with van der Waals surface area (Å²) in [6.07, 6.45) is 5.73. The van der Waals surface area contributed by atoms with E-state index in [0.29, 0.717) is 11.5 Å². The van der Waals surface area contributed by atoms with E-state index < -0.39 is 0 Å². The third kappa shape index (κ3) is 2.95. The number of nitrogens with one attached hydrogen (secondary N) is 1. The van der Waals surface area contributed by atoms with Crippen molar-refractivity contribution in [2.45, 2.75) is 59.4 Å². The van der Waals surface area contributed by atoms with Gasteiger partial charge in [-0.3, -0.25) is 0 Å². The van der Waals surface area contributed by atoms with Gasteiger partial charge in [0.05, 0.1) is 0 Å². The zero-order chi connectivity index (χ0) is 13.4. The van der Waals surface area contributed by atoms with E-state index in [2.05, 4.69) is 35.6 Å². The minimum Gasteiger partial charge on any atom is -0.309 e. The highest BCUT2D eigenvalue weighted by Gasteiger charge is 2.48. The van der Waals surface area contributed by atoms with Crippen molar-refractivity contribution in [3.8, 4) is 0 Å². The van der Waals surface area contributed by atoms with Gasteiger partial charge in [-0.15, -0.1) is 0 Å². The first-order valence-corrected chi connectivity index (χ1v) is 7.69. The first-order chi connectivity index (χ1) is 8.91. The molecule has 3 rings (SSSR count). The summed E-state index contributed by atoms with van der Waals surface area (Å²) in [6, 6.07) is 11.6. The number of rotatable bonds is 1. The Hall–Kier alpha value is -0.820. The Morgan fingerprint density at radius 2 is 1.50 bits per heavy atom. The van der Waals surface area contributed by atoms with E-state index in [1.807, 2.05) is 27.7 Å². The number of hydrogen-bond acceptors (Lipinski definition) is 1. The lowest BCUT2D eigenvalue weighted by Gasteiger charge is -2.48. The van der Waals surface area contributed by atoms with Gasteiger partial charge in [-0.2, -0.15) is 0 Å². The fourth-order valence-electron chi connectivity index (χ4n) is 3.15. The number of benzene rings is 1. The average Bonchev–Trinajstić information content (AvgIpc) is 2.95. The summed E-state index contributed by atoms with van der Waals surface area (Å²) in [7, 11) is 0. The fraction of sp³-hybridized carbons (Fsp3) is 0.647. The molecule has 2 aliphatic rings. The number of hydrogen-bond donors (Lipinski definition) is 1. The lowest BCUT2D eigenvalue weighted by atomic mass is 9.69. The van der Waals surface area contributed by atoms with Gasteiger partial charge in [-0.05, 0) is 18.4 Å². The lowest BCUT2D eigenvalue weighted by Crippen LogP contribution is -2.54. The Kier molecular flexibility index (Phi) is 6.42. The van der Waals surface area contributed by atoms with E-state index in [1.54, 1.807) is 0 Å². The second kappa shape index (κ2) is 7.58. The third-order valence-corrected chi connectivity index (χ3v) is 4.00. The molecule has 1 aliphatic heterocycles. The van der Waals surface area contributed by atoms with E-state index in [0.717, 1.165) is 0 Å². The summed E-state index contributed by atoms with van der Waals surface area (Å²) in [4.78, 5) is 0.